The number of carbonyl (C=O) groups excluding carboxylic acids is 1. The molecule has 1 fully saturated rings. The van der Waals surface area contributed by atoms with Crippen molar-refractivity contribution in [1.29, 1.82) is 0 Å². The van der Waals surface area contributed by atoms with Gasteiger partial charge in [-0.1, -0.05) is 6.07 Å². The minimum absolute atomic E-state index is 0.0269. The molecule has 9 nitrogen and oxygen atoms in total. The minimum atomic E-state index is -4.37. The predicted molar refractivity (Wildman–Crippen MR) is 84.9 cm³/mol. The molecule has 2 aliphatic rings. The van der Waals surface area contributed by atoms with Crippen LogP contribution in [0.5, 0.6) is 11.5 Å². The molecule has 1 atom stereocenters. The number of fused-ring (bicyclic) bond motifs is 1. The van der Waals surface area contributed by atoms with Crippen LogP contribution in [0.1, 0.15) is 24.2 Å². The zero-order valence-electron chi connectivity index (χ0n) is 13.8. The summed E-state index contributed by atoms with van der Waals surface area (Å²) in [5, 5.41) is 0. The van der Waals surface area contributed by atoms with E-state index >= 15 is 0 Å². The van der Waals surface area contributed by atoms with Crippen molar-refractivity contribution in [2.45, 2.75) is 25.7 Å². The molecule has 0 aromatic heterocycles. The average Bonchev–Trinajstić information content (AvgIpc) is 2.50. The van der Waals surface area contributed by atoms with E-state index in [1.54, 1.807) is 32.0 Å². The van der Waals surface area contributed by atoms with Crippen molar-refractivity contribution in [2.75, 3.05) is 26.4 Å². The number of morpholine rings is 1. The van der Waals surface area contributed by atoms with Crippen molar-refractivity contribution < 1.29 is 36.7 Å². The van der Waals surface area contributed by atoms with Crippen molar-refractivity contribution in [1.82, 2.24) is 4.31 Å². The summed E-state index contributed by atoms with van der Waals surface area (Å²) in [5.41, 5.74) is 0.136. The number of nitrogens with zero attached hydrogens (tertiary/aromatic N) is 1. The highest BCUT2D eigenvalue weighted by molar-refractivity contribution is 7.83. The van der Waals surface area contributed by atoms with Gasteiger partial charge in [-0.2, -0.15) is 12.7 Å². The van der Waals surface area contributed by atoms with Crippen LogP contribution in [0.15, 0.2) is 18.2 Å². The highest BCUT2D eigenvalue weighted by Gasteiger charge is 2.37. The molecule has 25 heavy (non-hydrogen) atoms. The number of esters is 1. The highest BCUT2D eigenvalue weighted by atomic mass is 32.2. The summed E-state index contributed by atoms with van der Waals surface area (Å²) in [7, 11) is -4.37. The number of benzene rings is 1. The van der Waals surface area contributed by atoms with E-state index in [0.29, 0.717) is 5.75 Å². The fraction of sp³-hybridized carbons (Fsp3) is 0.533. The average molecular weight is 373 g/mol. The van der Waals surface area contributed by atoms with E-state index in [2.05, 4.69) is 0 Å². The van der Waals surface area contributed by atoms with Gasteiger partial charge in [-0.25, -0.2) is 4.79 Å². The van der Waals surface area contributed by atoms with Crippen molar-refractivity contribution in [3.63, 3.8) is 0 Å². The maximum absolute atomic E-state index is 12.2. The number of hydrogen-bond donors (Lipinski definition) is 1. The summed E-state index contributed by atoms with van der Waals surface area (Å²) in [5.74, 6) is -1.14. The van der Waals surface area contributed by atoms with Crippen LogP contribution < -0.4 is 9.47 Å². The molecule has 0 radical (unpaired) electrons. The van der Waals surface area contributed by atoms with Crippen molar-refractivity contribution >= 4 is 16.3 Å². The molecule has 0 amide bonds. The largest absolute Gasteiger partial charge is 0.491 e. The van der Waals surface area contributed by atoms with Gasteiger partial charge in [-0.3, -0.25) is 4.55 Å². The van der Waals surface area contributed by atoms with Crippen molar-refractivity contribution in [3.05, 3.63) is 23.8 Å². The topological polar surface area (TPSA) is 112 Å². The van der Waals surface area contributed by atoms with Crippen LogP contribution in [-0.2, 0) is 19.8 Å². The lowest BCUT2D eigenvalue weighted by Crippen LogP contribution is -2.51. The van der Waals surface area contributed by atoms with Crippen LogP contribution in [0.3, 0.4) is 0 Å². The van der Waals surface area contributed by atoms with Crippen LogP contribution in [0.4, 0.5) is 0 Å². The lowest BCUT2D eigenvalue weighted by atomic mass is 10.1. The van der Waals surface area contributed by atoms with Gasteiger partial charge < -0.3 is 18.9 Å². The minimum Gasteiger partial charge on any atom is -0.491 e. The maximum Gasteiger partial charge on any atom is 0.349 e. The smallest absolute Gasteiger partial charge is 0.349 e. The Morgan fingerprint density at radius 1 is 1.36 bits per heavy atom. The summed E-state index contributed by atoms with van der Waals surface area (Å²) in [6.45, 7) is 3.41. The third-order valence-electron chi connectivity index (χ3n) is 3.79. The summed E-state index contributed by atoms with van der Waals surface area (Å²) < 4.78 is 54.8. The van der Waals surface area contributed by atoms with E-state index < -0.39 is 28.1 Å². The van der Waals surface area contributed by atoms with Crippen LogP contribution >= 0.6 is 0 Å². The first-order valence-corrected chi connectivity index (χ1v) is 9.07. The molecular formula is C15H19NO8S. The molecule has 1 N–H and O–H groups in total. The first-order chi connectivity index (χ1) is 11.7. The van der Waals surface area contributed by atoms with E-state index in [4.69, 9.17) is 18.9 Å². The van der Waals surface area contributed by atoms with Gasteiger partial charge in [0.1, 0.15) is 23.7 Å². The van der Waals surface area contributed by atoms with Gasteiger partial charge in [0.15, 0.2) is 0 Å². The van der Waals surface area contributed by atoms with Gasteiger partial charge in [-0.05, 0) is 12.1 Å². The van der Waals surface area contributed by atoms with Crippen LogP contribution in [0, 0.1) is 0 Å². The Morgan fingerprint density at radius 3 is 2.84 bits per heavy atom. The Kier molecular flexibility index (Phi) is 4.62. The molecule has 3 rings (SSSR count). The molecule has 0 bridgehead atoms. The molecule has 0 saturated carbocycles. The van der Waals surface area contributed by atoms with Gasteiger partial charge in [0.2, 0.25) is 5.79 Å². The van der Waals surface area contributed by atoms with Crippen molar-refractivity contribution in [2.24, 2.45) is 0 Å². The fourth-order valence-electron chi connectivity index (χ4n) is 2.74. The second-order valence-corrected chi connectivity index (χ2v) is 7.51. The number of cyclic esters (lactones) is 1. The zero-order valence-corrected chi connectivity index (χ0v) is 14.6. The first kappa shape index (κ1) is 17.9. The number of ether oxygens (including phenoxy) is 4. The Labute approximate surface area is 145 Å². The van der Waals surface area contributed by atoms with Gasteiger partial charge in [0, 0.05) is 20.4 Å². The molecule has 0 unspecified atom stereocenters. The van der Waals surface area contributed by atoms with Gasteiger partial charge in [0.25, 0.3) is 0 Å². The summed E-state index contributed by atoms with van der Waals surface area (Å²) in [6.07, 6.45) is 0. The fourth-order valence-corrected chi connectivity index (χ4v) is 3.54. The Balaban J connectivity index is 1.79. The molecule has 0 aliphatic carbocycles. The summed E-state index contributed by atoms with van der Waals surface area (Å²) in [6, 6.07) is 4.12. The molecule has 1 aromatic carbocycles. The number of carbonyl (C=O) groups is 1. The second kappa shape index (κ2) is 6.45. The van der Waals surface area contributed by atoms with Crippen LogP contribution in [-0.4, -0.2) is 61.4 Å². The molecule has 138 valence electrons. The third kappa shape index (κ3) is 3.87. The van der Waals surface area contributed by atoms with E-state index in [9.17, 15) is 17.8 Å². The third-order valence-corrected chi connectivity index (χ3v) is 4.86. The highest BCUT2D eigenvalue weighted by Crippen LogP contribution is 2.36. The SMILES string of the molecule is CC1(C)OC(=O)c2c(OC[C@@H]3COCCN3S(=O)(=O)O)cccc2O1. The molecule has 2 aliphatic heterocycles. The van der Waals surface area contributed by atoms with Gasteiger partial charge >= 0.3 is 16.3 Å². The molecular weight excluding hydrogens is 354 g/mol. The van der Waals surface area contributed by atoms with Crippen LogP contribution in [0.25, 0.3) is 0 Å². The molecule has 1 aromatic rings. The van der Waals surface area contributed by atoms with Gasteiger partial charge in [0.05, 0.1) is 19.3 Å². The van der Waals surface area contributed by atoms with E-state index in [1.165, 1.54) is 0 Å². The maximum atomic E-state index is 12.2. The first-order valence-electron chi connectivity index (χ1n) is 7.67. The zero-order chi connectivity index (χ0) is 18.2. The quantitative estimate of drug-likeness (QED) is 0.611. The lowest BCUT2D eigenvalue weighted by molar-refractivity contribution is -0.127. The second-order valence-electron chi connectivity index (χ2n) is 6.15. The molecule has 2 heterocycles. The predicted octanol–water partition coefficient (Wildman–Crippen LogP) is 0.854. The van der Waals surface area contributed by atoms with E-state index in [0.717, 1.165) is 4.31 Å². The summed E-state index contributed by atoms with van der Waals surface area (Å²) >= 11 is 0. The molecule has 0 spiro atoms. The van der Waals surface area contributed by atoms with Crippen molar-refractivity contribution in [3.8, 4) is 11.5 Å². The van der Waals surface area contributed by atoms with E-state index in [1.807, 2.05) is 0 Å². The number of rotatable bonds is 4. The molecule has 10 heteroatoms. The number of hydrogen-bond acceptors (Lipinski definition) is 7. The monoisotopic (exact) mass is 373 g/mol. The lowest BCUT2D eigenvalue weighted by Gasteiger charge is -2.34. The van der Waals surface area contributed by atoms with E-state index in [-0.39, 0.29) is 37.7 Å². The van der Waals surface area contributed by atoms with Crippen LogP contribution in [0.2, 0.25) is 0 Å². The Morgan fingerprint density at radius 2 is 2.12 bits per heavy atom. The standard InChI is InChI=1S/C15H19NO8S/c1-15(2)23-12-5-3-4-11(13(12)14(17)24-15)22-9-10-8-21-7-6-16(10)25(18,19)20/h3-5,10H,6-9H2,1-2H3,(H,18,19,20)/t10-/m0/s1. The Bertz CT molecular complexity index is 776. The summed E-state index contributed by atoms with van der Waals surface area (Å²) in [4.78, 5) is 12.2. The Hall–Kier alpha value is -1.88. The molecule has 1 saturated heterocycles. The normalized spacial score (nSPS) is 23.3. The van der Waals surface area contributed by atoms with Gasteiger partial charge in [-0.15, -0.1) is 0 Å².